The third-order valence-corrected chi connectivity index (χ3v) is 4.55. The second kappa shape index (κ2) is 8.30. The van der Waals surface area contributed by atoms with E-state index in [0.29, 0.717) is 8.95 Å². The van der Waals surface area contributed by atoms with Crippen molar-refractivity contribution >= 4 is 49.7 Å². The lowest BCUT2D eigenvalue weighted by atomic mass is 10.2. The van der Waals surface area contributed by atoms with Crippen molar-refractivity contribution in [3.05, 3.63) is 56.5 Å². The molecule has 0 aliphatic carbocycles. The Morgan fingerprint density at radius 1 is 1.25 bits per heavy atom. The molecule has 3 N–H and O–H groups in total. The number of rotatable bonds is 5. The van der Waals surface area contributed by atoms with Crippen molar-refractivity contribution in [1.29, 1.82) is 0 Å². The van der Waals surface area contributed by atoms with Crippen LogP contribution in [0.25, 0.3) is 0 Å². The Bertz CT molecular complexity index is 755. The standard InChI is InChI=1S/C17H17Br2N3O2/c1-10-5-3-4-6-15(10)21-11(2)17(24)22-20-9-12-7-13(18)16(23)14(19)8-12/h3-9,11,21,23H,1-2H3,(H,22,24)/b20-9-/t11-/m1/s1. The first-order chi connectivity index (χ1) is 11.4. The Morgan fingerprint density at radius 3 is 2.50 bits per heavy atom. The van der Waals surface area contributed by atoms with Gasteiger partial charge in [0.1, 0.15) is 11.8 Å². The van der Waals surface area contributed by atoms with Gasteiger partial charge >= 0.3 is 0 Å². The molecule has 2 aromatic rings. The minimum absolute atomic E-state index is 0.118. The van der Waals surface area contributed by atoms with Gasteiger partial charge in [0.25, 0.3) is 5.91 Å². The van der Waals surface area contributed by atoms with E-state index in [1.54, 1.807) is 19.1 Å². The normalized spacial score (nSPS) is 12.2. The van der Waals surface area contributed by atoms with Gasteiger partial charge in [-0.05, 0) is 75.0 Å². The lowest BCUT2D eigenvalue weighted by molar-refractivity contribution is -0.121. The molecule has 0 unspecified atom stereocenters. The first kappa shape index (κ1) is 18.5. The Kier molecular flexibility index (Phi) is 6.39. The van der Waals surface area contributed by atoms with Crippen molar-refractivity contribution < 1.29 is 9.90 Å². The van der Waals surface area contributed by atoms with Crippen molar-refractivity contribution in [2.24, 2.45) is 5.10 Å². The summed E-state index contributed by atoms with van der Waals surface area (Å²) in [6.07, 6.45) is 1.51. The minimum Gasteiger partial charge on any atom is -0.506 e. The van der Waals surface area contributed by atoms with Gasteiger partial charge in [-0.2, -0.15) is 5.10 Å². The lowest BCUT2D eigenvalue weighted by Gasteiger charge is -2.15. The predicted octanol–water partition coefficient (Wildman–Crippen LogP) is 4.18. The van der Waals surface area contributed by atoms with Crippen LogP contribution in [-0.4, -0.2) is 23.3 Å². The van der Waals surface area contributed by atoms with E-state index >= 15 is 0 Å². The zero-order valence-electron chi connectivity index (χ0n) is 13.2. The van der Waals surface area contributed by atoms with Gasteiger partial charge in [0.15, 0.2) is 0 Å². The lowest BCUT2D eigenvalue weighted by Crippen LogP contribution is -2.35. The van der Waals surface area contributed by atoms with Crippen LogP contribution in [0.1, 0.15) is 18.1 Å². The number of aromatic hydroxyl groups is 1. The molecule has 0 aromatic heterocycles. The van der Waals surface area contributed by atoms with E-state index in [9.17, 15) is 9.90 Å². The Labute approximate surface area is 157 Å². The third-order valence-electron chi connectivity index (χ3n) is 3.34. The molecule has 2 rings (SSSR count). The molecular weight excluding hydrogens is 438 g/mol. The molecule has 5 nitrogen and oxygen atoms in total. The summed E-state index contributed by atoms with van der Waals surface area (Å²) < 4.78 is 1.08. The topological polar surface area (TPSA) is 73.7 Å². The molecule has 0 aliphatic heterocycles. The first-order valence-electron chi connectivity index (χ1n) is 7.21. The Hall–Kier alpha value is -1.86. The maximum atomic E-state index is 12.1. The maximum Gasteiger partial charge on any atom is 0.262 e. The van der Waals surface area contributed by atoms with Gasteiger partial charge in [-0.3, -0.25) is 4.79 Å². The molecule has 0 radical (unpaired) electrons. The molecule has 0 heterocycles. The van der Waals surface area contributed by atoms with Crippen LogP contribution in [0, 0.1) is 6.92 Å². The van der Waals surface area contributed by atoms with E-state index in [-0.39, 0.29) is 11.7 Å². The van der Waals surface area contributed by atoms with E-state index in [1.807, 2.05) is 31.2 Å². The van der Waals surface area contributed by atoms with E-state index in [2.05, 4.69) is 47.7 Å². The number of hydrazone groups is 1. The summed E-state index contributed by atoms with van der Waals surface area (Å²) in [7, 11) is 0. The summed E-state index contributed by atoms with van der Waals surface area (Å²) in [5.74, 6) is -0.126. The van der Waals surface area contributed by atoms with Gasteiger partial charge in [0.2, 0.25) is 0 Å². The fourth-order valence-corrected chi connectivity index (χ4v) is 3.18. The fourth-order valence-electron chi connectivity index (χ4n) is 1.96. The predicted molar refractivity (Wildman–Crippen MR) is 104 cm³/mol. The van der Waals surface area contributed by atoms with Crippen LogP contribution in [0.4, 0.5) is 5.69 Å². The molecule has 7 heteroatoms. The summed E-state index contributed by atoms with van der Waals surface area (Å²) in [6.45, 7) is 3.75. The van der Waals surface area contributed by atoms with Crippen LogP contribution in [-0.2, 0) is 4.79 Å². The highest BCUT2D eigenvalue weighted by atomic mass is 79.9. The molecular formula is C17H17Br2N3O2. The van der Waals surface area contributed by atoms with Crippen molar-refractivity contribution in [1.82, 2.24) is 5.43 Å². The molecule has 0 saturated heterocycles. The maximum absolute atomic E-state index is 12.1. The molecule has 2 aromatic carbocycles. The van der Waals surface area contributed by atoms with Gasteiger partial charge in [0, 0.05) is 5.69 Å². The van der Waals surface area contributed by atoms with Gasteiger partial charge in [-0.15, -0.1) is 0 Å². The summed E-state index contributed by atoms with van der Waals surface area (Å²) in [6, 6.07) is 10.7. The largest absolute Gasteiger partial charge is 0.506 e. The number of carbonyl (C=O) groups is 1. The number of para-hydroxylation sites is 1. The van der Waals surface area contributed by atoms with E-state index < -0.39 is 6.04 Å². The van der Waals surface area contributed by atoms with Crippen molar-refractivity contribution in [3.63, 3.8) is 0 Å². The van der Waals surface area contributed by atoms with Crippen LogP contribution >= 0.6 is 31.9 Å². The summed E-state index contributed by atoms with van der Waals surface area (Å²) in [5, 5.41) is 16.8. The summed E-state index contributed by atoms with van der Waals surface area (Å²) >= 11 is 6.49. The zero-order chi connectivity index (χ0) is 17.7. The number of carbonyl (C=O) groups excluding carboxylic acids is 1. The number of nitrogens with zero attached hydrogens (tertiary/aromatic N) is 1. The number of halogens is 2. The molecule has 0 bridgehead atoms. The van der Waals surface area contributed by atoms with Gasteiger partial charge in [-0.1, -0.05) is 18.2 Å². The molecule has 1 amide bonds. The van der Waals surface area contributed by atoms with Gasteiger partial charge in [-0.25, -0.2) is 5.43 Å². The monoisotopic (exact) mass is 453 g/mol. The molecule has 0 saturated carbocycles. The van der Waals surface area contributed by atoms with Gasteiger partial charge < -0.3 is 10.4 Å². The van der Waals surface area contributed by atoms with Gasteiger partial charge in [0.05, 0.1) is 15.2 Å². The number of aryl methyl sites for hydroxylation is 1. The van der Waals surface area contributed by atoms with Crippen molar-refractivity contribution in [2.75, 3.05) is 5.32 Å². The van der Waals surface area contributed by atoms with Crippen LogP contribution in [0.2, 0.25) is 0 Å². The molecule has 126 valence electrons. The molecule has 0 fully saturated rings. The van der Waals surface area contributed by atoms with Crippen LogP contribution < -0.4 is 10.7 Å². The smallest absolute Gasteiger partial charge is 0.262 e. The number of phenols is 1. The number of phenolic OH excluding ortho intramolecular Hbond substituents is 1. The number of hydrogen-bond donors (Lipinski definition) is 3. The molecule has 0 spiro atoms. The second-order valence-corrected chi connectivity index (χ2v) is 6.96. The van der Waals surface area contributed by atoms with Crippen molar-refractivity contribution in [3.8, 4) is 5.75 Å². The Balaban J connectivity index is 1.96. The van der Waals surface area contributed by atoms with Crippen LogP contribution in [0.3, 0.4) is 0 Å². The summed E-state index contributed by atoms with van der Waals surface area (Å²) in [4.78, 5) is 12.1. The highest BCUT2D eigenvalue weighted by molar-refractivity contribution is 9.11. The highest BCUT2D eigenvalue weighted by Gasteiger charge is 2.12. The number of amides is 1. The van der Waals surface area contributed by atoms with Crippen molar-refractivity contribution in [2.45, 2.75) is 19.9 Å². The second-order valence-electron chi connectivity index (χ2n) is 5.25. The fraction of sp³-hybridized carbons (Fsp3) is 0.176. The average Bonchev–Trinajstić information content (AvgIpc) is 2.54. The molecule has 24 heavy (non-hydrogen) atoms. The molecule has 1 atom stereocenters. The molecule has 0 aliphatic rings. The zero-order valence-corrected chi connectivity index (χ0v) is 16.3. The minimum atomic E-state index is -0.429. The van der Waals surface area contributed by atoms with E-state index in [0.717, 1.165) is 16.8 Å². The third kappa shape index (κ3) is 4.82. The SMILES string of the molecule is Cc1ccccc1N[C@H](C)C(=O)N/N=C\c1cc(Br)c(O)c(Br)c1. The van der Waals surface area contributed by atoms with Crippen LogP contribution in [0.15, 0.2) is 50.4 Å². The van der Waals surface area contributed by atoms with Crippen LogP contribution in [0.5, 0.6) is 5.75 Å². The average molecular weight is 455 g/mol. The summed E-state index contributed by atoms with van der Waals surface area (Å²) in [5.41, 5.74) is 5.21. The quantitative estimate of drug-likeness (QED) is 0.468. The number of benzene rings is 2. The first-order valence-corrected chi connectivity index (χ1v) is 8.80. The highest BCUT2D eigenvalue weighted by Crippen LogP contribution is 2.32. The number of nitrogens with one attached hydrogen (secondary N) is 2. The van der Waals surface area contributed by atoms with E-state index in [4.69, 9.17) is 0 Å². The Morgan fingerprint density at radius 2 is 1.88 bits per heavy atom. The number of hydrogen-bond acceptors (Lipinski definition) is 4. The van der Waals surface area contributed by atoms with E-state index in [1.165, 1.54) is 6.21 Å². The number of anilines is 1.